The summed E-state index contributed by atoms with van der Waals surface area (Å²) in [6, 6.07) is 11.5. The van der Waals surface area contributed by atoms with Crippen LogP contribution >= 0.6 is 0 Å². The van der Waals surface area contributed by atoms with Gasteiger partial charge in [0.1, 0.15) is 6.07 Å². The highest BCUT2D eigenvalue weighted by Gasteiger charge is 2.07. The van der Waals surface area contributed by atoms with E-state index in [1.807, 2.05) is 36.4 Å². The van der Waals surface area contributed by atoms with Crippen molar-refractivity contribution in [3.63, 3.8) is 0 Å². The summed E-state index contributed by atoms with van der Waals surface area (Å²) in [7, 11) is 0. The second kappa shape index (κ2) is 3.11. The van der Waals surface area contributed by atoms with Crippen molar-refractivity contribution in [3.05, 3.63) is 42.3 Å². The van der Waals surface area contributed by atoms with E-state index in [1.165, 1.54) is 0 Å². The van der Waals surface area contributed by atoms with Gasteiger partial charge in [-0.3, -0.25) is 0 Å². The van der Waals surface area contributed by atoms with Crippen molar-refractivity contribution in [2.24, 2.45) is 0 Å². The highest BCUT2D eigenvalue weighted by molar-refractivity contribution is 5.66. The van der Waals surface area contributed by atoms with Gasteiger partial charge in [-0.15, -0.1) is 0 Å². The summed E-state index contributed by atoms with van der Waals surface area (Å²) in [5.74, 6) is 0.256. The second-order valence-electron chi connectivity index (χ2n) is 2.55. The lowest BCUT2D eigenvalue weighted by atomic mass is 10.1. The summed E-state index contributed by atoms with van der Waals surface area (Å²) >= 11 is 0. The van der Waals surface area contributed by atoms with Crippen molar-refractivity contribution >= 4 is 0 Å². The van der Waals surface area contributed by atoms with Crippen LogP contribution in [0, 0.1) is 11.3 Å². The van der Waals surface area contributed by atoms with Gasteiger partial charge in [-0.05, 0) is 5.56 Å². The average Bonchev–Trinajstić information content (AvgIpc) is 2.67. The van der Waals surface area contributed by atoms with E-state index in [-0.39, 0.29) is 5.76 Å². The number of rotatable bonds is 1. The van der Waals surface area contributed by atoms with E-state index >= 15 is 0 Å². The van der Waals surface area contributed by atoms with Crippen LogP contribution in [0.2, 0.25) is 0 Å². The van der Waals surface area contributed by atoms with Gasteiger partial charge in [-0.25, -0.2) is 0 Å². The van der Waals surface area contributed by atoms with E-state index in [9.17, 15) is 0 Å². The minimum Gasteiger partial charge on any atom is -0.345 e. The molecule has 1 aromatic heterocycles. The molecule has 2 aromatic rings. The number of aromatic nitrogens is 1. The van der Waals surface area contributed by atoms with Crippen LogP contribution in [0.3, 0.4) is 0 Å². The Hall–Kier alpha value is -2.08. The fourth-order valence-corrected chi connectivity index (χ4v) is 1.14. The smallest absolute Gasteiger partial charge is 0.243 e. The lowest BCUT2D eigenvalue weighted by Crippen LogP contribution is -1.76. The van der Waals surface area contributed by atoms with Crippen molar-refractivity contribution in [3.8, 4) is 17.2 Å². The molecule has 0 N–H and O–H groups in total. The molecule has 0 unspecified atom stereocenters. The van der Waals surface area contributed by atoms with E-state index in [1.54, 1.807) is 6.20 Å². The first-order valence-electron chi connectivity index (χ1n) is 3.82. The first-order valence-corrected chi connectivity index (χ1v) is 3.82. The summed E-state index contributed by atoms with van der Waals surface area (Å²) in [5.41, 5.74) is 1.68. The second-order valence-corrected chi connectivity index (χ2v) is 2.55. The Bertz CT molecular complexity index is 439. The lowest BCUT2D eigenvalue weighted by molar-refractivity contribution is 0.410. The van der Waals surface area contributed by atoms with Crippen molar-refractivity contribution < 1.29 is 4.52 Å². The van der Waals surface area contributed by atoms with Gasteiger partial charge >= 0.3 is 0 Å². The van der Waals surface area contributed by atoms with Gasteiger partial charge in [0.2, 0.25) is 5.76 Å². The molecule has 0 fully saturated rings. The minimum atomic E-state index is 0.256. The summed E-state index contributed by atoms with van der Waals surface area (Å²) in [6.45, 7) is 0. The third kappa shape index (κ3) is 1.30. The highest BCUT2D eigenvalue weighted by Crippen LogP contribution is 2.21. The van der Waals surface area contributed by atoms with Crippen LogP contribution in [0.1, 0.15) is 5.76 Å². The zero-order valence-corrected chi connectivity index (χ0v) is 6.77. The third-order valence-electron chi connectivity index (χ3n) is 1.76. The molecule has 1 aromatic carbocycles. The first kappa shape index (κ1) is 7.56. The number of nitrogens with zero attached hydrogens (tertiary/aromatic N) is 2. The number of hydrogen-bond acceptors (Lipinski definition) is 3. The molecule has 0 atom stereocenters. The molecular formula is C10H6N2O. The molecule has 0 aliphatic rings. The fraction of sp³-hybridized carbons (Fsp3) is 0. The molecule has 1 heterocycles. The number of benzene rings is 1. The molecular weight excluding hydrogens is 164 g/mol. The van der Waals surface area contributed by atoms with E-state index in [0.29, 0.717) is 0 Å². The van der Waals surface area contributed by atoms with Crippen molar-refractivity contribution in [2.45, 2.75) is 0 Å². The molecule has 3 heteroatoms. The largest absolute Gasteiger partial charge is 0.345 e. The van der Waals surface area contributed by atoms with Crippen LogP contribution in [-0.2, 0) is 0 Å². The van der Waals surface area contributed by atoms with E-state index < -0.39 is 0 Å². The zero-order valence-electron chi connectivity index (χ0n) is 6.77. The standard InChI is InChI=1S/C10H6N2O/c11-6-10-9(7-12-13-10)8-4-2-1-3-5-8/h1-5,7H. The van der Waals surface area contributed by atoms with Gasteiger partial charge in [0.05, 0.1) is 11.8 Å². The topological polar surface area (TPSA) is 49.8 Å². The summed E-state index contributed by atoms with van der Waals surface area (Å²) < 4.78 is 4.76. The van der Waals surface area contributed by atoms with Crippen molar-refractivity contribution in [1.82, 2.24) is 5.16 Å². The van der Waals surface area contributed by atoms with Gasteiger partial charge in [0.15, 0.2) is 0 Å². The number of nitriles is 1. The van der Waals surface area contributed by atoms with Gasteiger partial charge in [-0.1, -0.05) is 35.5 Å². The van der Waals surface area contributed by atoms with Crippen LogP contribution in [-0.4, -0.2) is 5.16 Å². The Morgan fingerprint density at radius 1 is 1.23 bits per heavy atom. The van der Waals surface area contributed by atoms with E-state index in [2.05, 4.69) is 5.16 Å². The Labute approximate surface area is 75.2 Å². The summed E-state index contributed by atoms with van der Waals surface area (Å²) in [4.78, 5) is 0. The third-order valence-corrected chi connectivity index (χ3v) is 1.76. The Morgan fingerprint density at radius 3 is 2.69 bits per heavy atom. The highest BCUT2D eigenvalue weighted by atomic mass is 16.5. The normalized spacial score (nSPS) is 9.46. The molecule has 0 amide bonds. The van der Waals surface area contributed by atoms with E-state index in [4.69, 9.17) is 9.78 Å². The molecule has 0 saturated heterocycles. The fourth-order valence-electron chi connectivity index (χ4n) is 1.14. The molecule has 3 nitrogen and oxygen atoms in total. The lowest BCUT2D eigenvalue weighted by Gasteiger charge is -1.93. The maximum absolute atomic E-state index is 8.68. The molecule has 0 bridgehead atoms. The molecule has 0 radical (unpaired) electrons. The van der Waals surface area contributed by atoms with Crippen molar-refractivity contribution in [2.75, 3.05) is 0 Å². The van der Waals surface area contributed by atoms with Crippen LogP contribution in [0.4, 0.5) is 0 Å². The maximum atomic E-state index is 8.68. The molecule has 62 valence electrons. The Balaban J connectivity index is 2.54. The Morgan fingerprint density at radius 2 is 2.00 bits per heavy atom. The monoisotopic (exact) mass is 170 g/mol. The van der Waals surface area contributed by atoms with Crippen molar-refractivity contribution in [1.29, 1.82) is 5.26 Å². The zero-order chi connectivity index (χ0) is 9.10. The van der Waals surface area contributed by atoms with Gasteiger partial charge < -0.3 is 4.52 Å². The van der Waals surface area contributed by atoms with Gasteiger partial charge in [0, 0.05) is 0 Å². The van der Waals surface area contributed by atoms with Gasteiger partial charge in [-0.2, -0.15) is 5.26 Å². The number of hydrogen-bond donors (Lipinski definition) is 0. The average molecular weight is 170 g/mol. The predicted octanol–water partition coefficient (Wildman–Crippen LogP) is 2.21. The van der Waals surface area contributed by atoms with Gasteiger partial charge in [0.25, 0.3) is 0 Å². The maximum Gasteiger partial charge on any atom is 0.243 e. The Kier molecular flexibility index (Phi) is 1.81. The molecule has 0 saturated carbocycles. The predicted molar refractivity (Wildman–Crippen MR) is 46.7 cm³/mol. The molecule has 2 rings (SSSR count). The minimum absolute atomic E-state index is 0.256. The van der Waals surface area contributed by atoms with Crippen LogP contribution in [0.25, 0.3) is 11.1 Å². The first-order chi connectivity index (χ1) is 6.42. The summed E-state index contributed by atoms with van der Waals surface area (Å²) in [5, 5.41) is 12.3. The molecule has 0 aliphatic heterocycles. The molecule has 0 aliphatic carbocycles. The summed E-state index contributed by atoms with van der Waals surface area (Å²) in [6.07, 6.45) is 1.55. The molecule has 0 spiro atoms. The van der Waals surface area contributed by atoms with Crippen LogP contribution in [0.15, 0.2) is 41.1 Å². The quantitative estimate of drug-likeness (QED) is 0.659. The molecule has 13 heavy (non-hydrogen) atoms. The SMILES string of the molecule is N#Cc1oncc1-c1ccccc1. The van der Waals surface area contributed by atoms with Crippen LogP contribution < -0.4 is 0 Å². The van der Waals surface area contributed by atoms with E-state index in [0.717, 1.165) is 11.1 Å². The van der Waals surface area contributed by atoms with Crippen LogP contribution in [0.5, 0.6) is 0 Å².